The average molecular weight is 484 g/mol. The number of nitrogens with one attached hydrogen (secondary N) is 1. The molecule has 6 nitrogen and oxygen atoms in total. The lowest BCUT2D eigenvalue weighted by Crippen LogP contribution is -2.62. The summed E-state index contributed by atoms with van der Waals surface area (Å²) >= 11 is 0. The summed E-state index contributed by atoms with van der Waals surface area (Å²) in [6.07, 6.45) is 5.14. The van der Waals surface area contributed by atoms with E-state index in [2.05, 4.69) is 26.1 Å². The van der Waals surface area contributed by atoms with E-state index in [0.29, 0.717) is 36.1 Å². The fourth-order valence-electron chi connectivity index (χ4n) is 9.20. The van der Waals surface area contributed by atoms with Gasteiger partial charge in [0.15, 0.2) is 0 Å². The first-order valence-electron chi connectivity index (χ1n) is 13.6. The van der Waals surface area contributed by atoms with Crippen molar-refractivity contribution in [1.82, 2.24) is 5.32 Å². The number of aliphatic hydroxyl groups excluding tert-OH is 3. The molecule has 4 rings (SSSR count). The number of hydrogen-bond acceptors (Lipinski definition) is 5. The summed E-state index contributed by atoms with van der Waals surface area (Å²) in [5.41, 5.74) is -0.120. The molecule has 0 aliphatic heterocycles. The molecule has 0 aromatic carbocycles. The molecular formula is C27H46FNO5. The molecule has 0 aromatic heterocycles. The van der Waals surface area contributed by atoms with Crippen LogP contribution in [-0.4, -0.2) is 64.0 Å². The number of aliphatic carboxylic acids is 1. The maximum Gasteiger partial charge on any atom is 0.339 e. The number of rotatable bonds is 8. The summed E-state index contributed by atoms with van der Waals surface area (Å²) in [7, 11) is 0. The van der Waals surface area contributed by atoms with Gasteiger partial charge in [-0.2, -0.15) is 0 Å². The van der Waals surface area contributed by atoms with E-state index in [-0.39, 0.29) is 41.6 Å². The summed E-state index contributed by atoms with van der Waals surface area (Å²) in [4.78, 5) is 10.6. The number of hydrogen-bond donors (Lipinski definition) is 5. The van der Waals surface area contributed by atoms with E-state index in [1.807, 2.05) is 0 Å². The van der Waals surface area contributed by atoms with Gasteiger partial charge < -0.3 is 25.7 Å². The van der Waals surface area contributed by atoms with Crippen molar-refractivity contribution in [2.45, 2.75) is 103 Å². The van der Waals surface area contributed by atoms with Gasteiger partial charge in [-0.3, -0.25) is 0 Å². The molecule has 0 saturated heterocycles. The summed E-state index contributed by atoms with van der Waals surface area (Å²) in [5, 5.41) is 44.8. The molecule has 0 amide bonds. The Hall–Kier alpha value is -0.760. The second-order valence-electron chi connectivity index (χ2n) is 12.7. The molecule has 4 aliphatic rings. The zero-order chi connectivity index (χ0) is 24.8. The van der Waals surface area contributed by atoms with E-state index in [9.17, 15) is 24.5 Å². The van der Waals surface area contributed by atoms with Crippen molar-refractivity contribution in [3.8, 4) is 0 Å². The third kappa shape index (κ3) is 4.44. The van der Waals surface area contributed by atoms with Crippen LogP contribution in [-0.2, 0) is 4.79 Å². The average Bonchev–Trinajstić information content (AvgIpc) is 3.13. The van der Waals surface area contributed by atoms with E-state index >= 15 is 0 Å². The Morgan fingerprint density at radius 3 is 2.53 bits per heavy atom. The van der Waals surface area contributed by atoms with Crippen LogP contribution in [0.25, 0.3) is 0 Å². The number of alkyl halides is 1. The van der Waals surface area contributed by atoms with Gasteiger partial charge in [-0.05, 0) is 111 Å². The molecule has 4 fully saturated rings. The van der Waals surface area contributed by atoms with Crippen LogP contribution in [0.3, 0.4) is 0 Å². The van der Waals surface area contributed by atoms with E-state index in [4.69, 9.17) is 5.11 Å². The van der Waals surface area contributed by atoms with Crippen LogP contribution in [0, 0.1) is 46.3 Å². The maximum atomic E-state index is 13.2. The Morgan fingerprint density at radius 1 is 1.09 bits per heavy atom. The second kappa shape index (κ2) is 9.95. The Kier molecular flexibility index (Phi) is 7.70. The van der Waals surface area contributed by atoms with E-state index in [1.165, 1.54) is 0 Å². The first-order valence-corrected chi connectivity index (χ1v) is 13.6. The van der Waals surface area contributed by atoms with E-state index in [1.54, 1.807) is 0 Å². The molecular weight excluding hydrogens is 437 g/mol. The Balaban J connectivity index is 1.41. The number of carboxylic acids is 1. The SMILES string of the molecule is C[C@H](CCCNCC(F)C(=O)O)[C@H]1CC[C@H]2[C@@H]3[C@H](O)C[C@@H]4C[C@H](O)CC[C@]4(C)[C@H]3C[C@H](O)[C@]12C. The third-order valence-electron chi connectivity index (χ3n) is 11.1. The molecule has 0 bridgehead atoms. The molecule has 5 N–H and O–H groups in total. The van der Waals surface area contributed by atoms with Gasteiger partial charge >= 0.3 is 5.97 Å². The first-order chi connectivity index (χ1) is 16.0. The van der Waals surface area contributed by atoms with E-state index < -0.39 is 12.1 Å². The predicted molar refractivity (Wildman–Crippen MR) is 128 cm³/mol. The van der Waals surface area contributed by atoms with Gasteiger partial charge in [0, 0.05) is 6.54 Å². The van der Waals surface area contributed by atoms with Crippen molar-refractivity contribution in [3.05, 3.63) is 0 Å². The molecule has 1 unspecified atom stereocenters. The number of fused-ring (bicyclic) bond motifs is 5. The van der Waals surface area contributed by atoms with Crippen molar-refractivity contribution in [3.63, 3.8) is 0 Å². The highest BCUT2D eigenvalue weighted by molar-refractivity contribution is 5.72. The van der Waals surface area contributed by atoms with Gasteiger partial charge in [-0.15, -0.1) is 0 Å². The summed E-state index contributed by atoms with van der Waals surface area (Å²) in [6, 6.07) is 0. The van der Waals surface area contributed by atoms with Crippen molar-refractivity contribution in [1.29, 1.82) is 0 Å². The predicted octanol–water partition coefficient (Wildman–Crippen LogP) is 3.38. The highest BCUT2D eigenvalue weighted by Crippen LogP contribution is 2.68. The van der Waals surface area contributed by atoms with Crippen LogP contribution in [0.4, 0.5) is 4.39 Å². The minimum atomic E-state index is -1.87. The minimum absolute atomic E-state index is 0.0883. The Labute approximate surface area is 203 Å². The van der Waals surface area contributed by atoms with Gasteiger partial charge in [0.25, 0.3) is 0 Å². The minimum Gasteiger partial charge on any atom is -0.479 e. The Morgan fingerprint density at radius 2 is 1.82 bits per heavy atom. The molecule has 4 saturated carbocycles. The van der Waals surface area contributed by atoms with Crippen molar-refractivity contribution >= 4 is 5.97 Å². The lowest BCUT2D eigenvalue weighted by Gasteiger charge is -2.63. The van der Waals surface area contributed by atoms with Crippen LogP contribution >= 0.6 is 0 Å². The lowest BCUT2D eigenvalue weighted by atomic mass is 9.43. The normalized spacial score (nSPS) is 47.9. The molecule has 0 spiro atoms. The summed E-state index contributed by atoms with van der Waals surface area (Å²) in [6.45, 7) is 7.30. The lowest BCUT2D eigenvalue weighted by molar-refractivity contribution is -0.207. The standard InChI is InChI=1S/C27H46FNO5/c1-15(5-4-10-29-14-21(28)25(33)34)18-6-7-19-24-20(13-23(32)27(18,19)3)26(2)9-8-17(30)11-16(26)12-22(24)31/h15-24,29-32H,4-14H2,1-3H3,(H,33,34)/t15-,16+,17-,18-,19+,20+,21?,22-,23+,24+,26+,27-/m1/s1. The summed E-state index contributed by atoms with van der Waals surface area (Å²) in [5.74, 6) is 0.533. The van der Waals surface area contributed by atoms with Crippen LogP contribution in [0.15, 0.2) is 0 Å². The fraction of sp³-hybridized carbons (Fsp3) is 0.963. The van der Waals surface area contributed by atoms with Crippen molar-refractivity contribution in [2.24, 2.45) is 46.3 Å². The number of aliphatic hydroxyl groups is 3. The molecule has 12 atom stereocenters. The fourth-order valence-corrected chi connectivity index (χ4v) is 9.20. The van der Waals surface area contributed by atoms with Gasteiger partial charge in [-0.1, -0.05) is 20.8 Å². The molecule has 4 aliphatic carbocycles. The van der Waals surface area contributed by atoms with Crippen LogP contribution in [0.1, 0.15) is 78.6 Å². The maximum absolute atomic E-state index is 13.2. The highest BCUT2D eigenvalue weighted by atomic mass is 19.1. The monoisotopic (exact) mass is 483 g/mol. The molecule has 7 heteroatoms. The van der Waals surface area contributed by atoms with Crippen LogP contribution in [0.2, 0.25) is 0 Å². The van der Waals surface area contributed by atoms with Crippen molar-refractivity contribution < 1.29 is 29.6 Å². The molecule has 0 radical (unpaired) electrons. The second-order valence-corrected chi connectivity index (χ2v) is 12.7. The number of carbonyl (C=O) groups is 1. The molecule has 196 valence electrons. The van der Waals surface area contributed by atoms with Crippen LogP contribution < -0.4 is 5.32 Å². The first kappa shape index (κ1) is 26.3. The van der Waals surface area contributed by atoms with Gasteiger partial charge in [-0.25, -0.2) is 9.18 Å². The van der Waals surface area contributed by atoms with Gasteiger partial charge in [0.1, 0.15) is 0 Å². The quantitative estimate of drug-likeness (QED) is 0.339. The zero-order valence-corrected chi connectivity index (χ0v) is 21.1. The van der Waals surface area contributed by atoms with Gasteiger partial charge in [0.2, 0.25) is 6.17 Å². The van der Waals surface area contributed by atoms with Gasteiger partial charge in [0.05, 0.1) is 18.3 Å². The van der Waals surface area contributed by atoms with E-state index in [0.717, 1.165) is 57.8 Å². The number of halogens is 1. The zero-order valence-electron chi connectivity index (χ0n) is 21.1. The third-order valence-corrected chi connectivity index (χ3v) is 11.1. The van der Waals surface area contributed by atoms with Crippen molar-refractivity contribution in [2.75, 3.05) is 13.1 Å². The highest BCUT2D eigenvalue weighted by Gasteiger charge is 2.65. The summed E-state index contributed by atoms with van der Waals surface area (Å²) < 4.78 is 13.2. The molecule has 0 heterocycles. The topological polar surface area (TPSA) is 110 Å². The molecule has 34 heavy (non-hydrogen) atoms. The number of carboxylic acid groups (broad SMARTS) is 1. The molecule has 0 aromatic rings. The largest absolute Gasteiger partial charge is 0.479 e. The Bertz CT molecular complexity index is 738. The smallest absolute Gasteiger partial charge is 0.339 e. The van der Waals surface area contributed by atoms with Crippen LogP contribution in [0.5, 0.6) is 0 Å².